The SMILES string of the molecule is Cc1c(F)c(N2C[C@@H](N)[C@@H](C)C2)c2c3c1c(=O)c(C(=O)O)cn3N(C)CC2. The fourth-order valence-electron chi connectivity index (χ4n) is 4.32. The first-order valence-electron chi connectivity index (χ1n) is 9.07. The fraction of sp³-hybridized carbons (Fsp3) is 0.474. The van der Waals surface area contributed by atoms with Crippen LogP contribution in [0.2, 0.25) is 0 Å². The molecule has 1 fully saturated rings. The number of anilines is 1. The fourth-order valence-corrected chi connectivity index (χ4v) is 4.32. The number of carboxylic acid groups (broad SMARTS) is 1. The van der Waals surface area contributed by atoms with Gasteiger partial charge in [-0.25, -0.2) is 9.18 Å². The van der Waals surface area contributed by atoms with Gasteiger partial charge in [0, 0.05) is 50.0 Å². The van der Waals surface area contributed by atoms with Crippen molar-refractivity contribution in [1.82, 2.24) is 4.68 Å². The molecule has 2 aliphatic heterocycles. The number of halogens is 1. The molecule has 4 rings (SSSR count). The van der Waals surface area contributed by atoms with Gasteiger partial charge >= 0.3 is 5.97 Å². The summed E-state index contributed by atoms with van der Waals surface area (Å²) in [5, 5.41) is 11.4. The molecule has 8 heteroatoms. The van der Waals surface area contributed by atoms with E-state index in [9.17, 15) is 14.7 Å². The number of rotatable bonds is 2. The van der Waals surface area contributed by atoms with Crippen LogP contribution in [0.3, 0.4) is 0 Å². The maximum absolute atomic E-state index is 15.5. The number of carbonyl (C=O) groups is 1. The quantitative estimate of drug-likeness (QED) is 0.817. The predicted molar refractivity (Wildman–Crippen MR) is 102 cm³/mol. The van der Waals surface area contributed by atoms with Crippen LogP contribution in [0.4, 0.5) is 10.1 Å². The van der Waals surface area contributed by atoms with Crippen molar-refractivity contribution in [2.75, 3.05) is 36.6 Å². The second kappa shape index (κ2) is 5.95. The number of aromatic carboxylic acids is 1. The maximum atomic E-state index is 15.5. The molecular weight excluding hydrogens is 351 g/mol. The van der Waals surface area contributed by atoms with E-state index in [1.165, 1.54) is 6.20 Å². The van der Waals surface area contributed by atoms with Crippen molar-refractivity contribution in [1.29, 1.82) is 0 Å². The van der Waals surface area contributed by atoms with E-state index in [4.69, 9.17) is 5.73 Å². The molecule has 3 N–H and O–H groups in total. The standard InChI is InChI=1S/C19H23FN4O3/c1-9-6-23(8-13(9)21)17-11-4-5-22(3)24-7-12(19(26)27)18(25)14(16(11)24)10(2)15(17)20/h7,9,13H,4-6,8,21H2,1-3H3,(H,26,27)/t9-,13+/m0/s1. The van der Waals surface area contributed by atoms with Crippen LogP contribution in [0.1, 0.15) is 28.4 Å². The van der Waals surface area contributed by atoms with Gasteiger partial charge < -0.3 is 20.7 Å². The Kier molecular flexibility index (Phi) is 3.92. The Morgan fingerprint density at radius 3 is 2.67 bits per heavy atom. The van der Waals surface area contributed by atoms with E-state index in [1.807, 2.05) is 23.9 Å². The van der Waals surface area contributed by atoms with Crippen molar-refractivity contribution in [2.45, 2.75) is 26.3 Å². The van der Waals surface area contributed by atoms with E-state index in [0.29, 0.717) is 37.3 Å². The smallest absolute Gasteiger partial charge is 0.341 e. The number of aryl methyl sites for hydroxylation is 1. The van der Waals surface area contributed by atoms with E-state index in [0.717, 1.165) is 5.56 Å². The highest BCUT2D eigenvalue weighted by Crippen LogP contribution is 2.38. The minimum Gasteiger partial charge on any atom is -0.477 e. The number of nitrogens with zero attached hydrogens (tertiary/aromatic N) is 3. The number of benzene rings is 1. The van der Waals surface area contributed by atoms with Crippen molar-refractivity contribution in [3.63, 3.8) is 0 Å². The van der Waals surface area contributed by atoms with Gasteiger partial charge in [-0.1, -0.05) is 6.92 Å². The average Bonchev–Trinajstić information content (AvgIpc) is 2.93. The van der Waals surface area contributed by atoms with Crippen LogP contribution in [0, 0.1) is 18.7 Å². The first-order valence-corrected chi connectivity index (χ1v) is 9.07. The lowest BCUT2D eigenvalue weighted by molar-refractivity contribution is 0.0695. The number of pyridine rings is 1. The lowest BCUT2D eigenvalue weighted by Crippen LogP contribution is -2.40. The van der Waals surface area contributed by atoms with Crippen LogP contribution >= 0.6 is 0 Å². The van der Waals surface area contributed by atoms with Crippen LogP contribution in [0.15, 0.2) is 11.0 Å². The highest BCUT2D eigenvalue weighted by molar-refractivity contribution is 5.97. The summed E-state index contributed by atoms with van der Waals surface area (Å²) >= 11 is 0. The molecule has 0 amide bonds. The van der Waals surface area contributed by atoms with Gasteiger partial charge in [-0.3, -0.25) is 9.47 Å². The van der Waals surface area contributed by atoms with Crippen LogP contribution < -0.4 is 21.1 Å². The Morgan fingerprint density at radius 2 is 2.07 bits per heavy atom. The van der Waals surface area contributed by atoms with Gasteiger partial charge in [-0.2, -0.15) is 0 Å². The summed E-state index contributed by atoms with van der Waals surface area (Å²) in [6, 6.07) is -0.0320. The Balaban J connectivity index is 2.10. The van der Waals surface area contributed by atoms with Crippen molar-refractivity contribution >= 4 is 22.6 Å². The molecule has 7 nitrogen and oxygen atoms in total. The summed E-state index contributed by atoms with van der Waals surface area (Å²) in [7, 11) is 1.82. The Hall–Kier alpha value is -2.61. The number of hydrogen-bond donors (Lipinski definition) is 2. The largest absolute Gasteiger partial charge is 0.477 e. The molecule has 1 aromatic carbocycles. The van der Waals surface area contributed by atoms with Crippen LogP contribution in [-0.4, -0.2) is 48.5 Å². The van der Waals surface area contributed by atoms with Gasteiger partial charge in [0.2, 0.25) is 5.43 Å². The number of aromatic nitrogens is 1. The van der Waals surface area contributed by atoms with E-state index < -0.39 is 17.2 Å². The molecule has 0 saturated carbocycles. The zero-order chi connectivity index (χ0) is 19.6. The maximum Gasteiger partial charge on any atom is 0.341 e. The van der Waals surface area contributed by atoms with Gasteiger partial charge in [0.25, 0.3) is 0 Å². The monoisotopic (exact) mass is 374 g/mol. The second-order valence-corrected chi connectivity index (χ2v) is 7.69. The summed E-state index contributed by atoms with van der Waals surface area (Å²) < 4.78 is 17.1. The van der Waals surface area contributed by atoms with Crippen molar-refractivity contribution in [2.24, 2.45) is 11.7 Å². The average molecular weight is 374 g/mol. The third-order valence-corrected chi connectivity index (χ3v) is 5.94. The molecule has 2 aromatic rings. The second-order valence-electron chi connectivity index (χ2n) is 7.69. The van der Waals surface area contributed by atoms with E-state index in [2.05, 4.69) is 0 Å². The summed E-state index contributed by atoms with van der Waals surface area (Å²) in [5.41, 5.74) is 7.20. The van der Waals surface area contributed by atoms with E-state index in [1.54, 1.807) is 11.6 Å². The molecule has 0 aliphatic carbocycles. The first-order chi connectivity index (χ1) is 12.7. The zero-order valence-corrected chi connectivity index (χ0v) is 15.6. The van der Waals surface area contributed by atoms with Gasteiger partial charge in [0.1, 0.15) is 5.56 Å². The number of carboxylic acids is 1. The van der Waals surface area contributed by atoms with Crippen molar-refractivity contribution < 1.29 is 14.3 Å². The van der Waals surface area contributed by atoms with Crippen LogP contribution in [0.25, 0.3) is 10.9 Å². The molecule has 3 heterocycles. The summed E-state index contributed by atoms with van der Waals surface area (Å²) in [6.07, 6.45) is 1.92. The molecular formula is C19H23FN4O3. The minimum absolute atomic E-state index is 0.0320. The molecule has 1 saturated heterocycles. The Morgan fingerprint density at radius 1 is 1.37 bits per heavy atom. The molecule has 144 valence electrons. The summed E-state index contributed by atoms with van der Waals surface area (Å²) in [6.45, 7) is 5.40. The number of likely N-dealkylation sites (N-methyl/N-ethyl adjacent to an activating group) is 1. The molecule has 0 radical (unpaired) electrons. The third kappa shape index (κ3) is 2.43. The minimum atomic E-state index is -1.31. The first kappa shape index (κ1) is 17.8. The Labute approximate surface area is 155 Å². The van der Waals surface area contributed by atoms with E-state index >= 15 is 4.39 Å². The van der Waals surface area contributed by atoms with Gasteiger partial charge in [-0.05, 0) is 19.3 Å². The Bertz CT molecular complexity index is 1020. The molecule has 1 aromatic heterocycles. The molecule has 2 aliphatic rings. The summed E-state index contributed by atoms with van der Waals surface area (Å²) in [4.78, 5) is 26.3. The molecule has 0 bridgehead atoms. The highest BCUT2D eigenvalue weighted by atomic mass is 19.1. The topological polar surface area (TPSA) is 91.8 Å². The predicted octanol–water partition coefficient (Wildman–Crippen LogP) is 1.05. The number of nitrogens with two attached hydrogens (primary N) is 1. The number of hydrogen-bond acceptors (Lipinski definition) is 5. The lowest BCUT2D eigenvalue weighted by Gasteiger charge is -2.34. The van der Waals surface area contributed by atoms with Crippen LogP contribution in [0.5, 0.6) is 0 Å². The van der Waals surface area contributed by atoms with Crippen molar-refractivity contribution in [3.8, 4) is 0 Å². The molecule has 27 heavy (non-hydrogen) atoms. The molecule has 0 unspecified atom stereocenters. The zero-order valence-electron chi connectivity index (χ0n) is 15.6. The van der Waals surface area contributed by atoms with E-state index in [-0.39, 0.29) is 28.5 Å². The third-order valence-electron chi connectivity index (χ3n) is 5.94. The van der Waals surface area contributed by atoms with Gasteiger partial charge in [-0.15, -0.1) is 0 Å². The van der Waals surface area contributed by atoms with Gasteiger partial charge in [0.05, 0.1) is 16.6 Å². The summed E-state index contributed by atoms with van der Waals surface area (Å²) in [5.74, 6) is -1.51. The van der Waals surface area contributed by atoms with Crippen LogP contribution in [-0.2, 0) is 6.42 Å². The van der Waals surface area contributed by atoms with Gasteiger partial charge in [0.15, 0.2) is 5.82 Å². The molecule has 0 spiro atoms. The lowest BCUT2D eigenvalue weighted by atomic mass is 9.96. The molecule has 2 atom stereocenters. The highest BCUT2D eigenvalue weighted by Gasteiger charge is 2.34. The normalized spacial score (nSPS) is 22.0. The van der Waals surface area contributed by atoms with Crippen molar-refractivity contribution in [3.05, 3.63) is 38.9 Å².